The molecule has 74 heavy (non-hydrogen) atoms. The van der Waals surface area contributed by atoms with Gasteiger partial charge >= 0.3 is 0 Å². The number of hydrogen-bond donors (Lipinski definition) is 11. The minimum absolute atomic E-state index is 0.00910. The van der Waals surface area contributed by atoms with Crippen LogP contribution in [0.1, 0.15) is 60.9 Å². The molecule has 0 saturated carbocycles. The number of para-hydroxylation sites is 1. The van der Waals surface area contributed by atoms with Gasteiger partial charge in [-0.1, -0.05) is 72.8 Å². The van der Waals surface area contributed by atoms with Crippen molar-refractivity contribution in [3.05, 3.63) is 138 Å². The number of aromatic nitrogens is 3. The van der Waals surface area contributed by atoms with Crippen LogP contribution < -0.4 is 48.7 Å². The van der Waals surface area contributed by atoms with E-state index in [4.69, 9.17) is 11.5 Å². The lowest BCUT2D eigenvalue weighted by molar-refractivity contribution is -0.135. The van der Waals surface area contributed by atoms with Crippen molar-refractivity contribution in [2.75, 3.05) is 19.6 Å². The maximum atomic E-state index is 14.7. The van der Waals surface area contributed by atoms with E-state index < -0.39 is 77.4 Å². The molecule has 1 saturated heterocycles. The van der Waals surface area contributed by atoms with Gasteiger partial charge in [-0.05, 0) is 77.8 Å². The average Bonchev–Trinajstić information content (AvgIpc) is 4.07. The summed E-state index contributed by atoms with van der Waals surface area (Å²) in [6.07, 6.45) is 5.02. The highest BCUT2D eigenvalue weighted by molar-refractivity contribution is 5.98. The first kappa shape index (κ1) is 53.2. The van der Waals surface area contributed by atoms with Crippen LogP contribution in [-0.2, 0) is 59.2 Å². The summed E-state index contributed by atoms with van der Waals surface area (Å²) in [6.45, 7) is 0.529. The largest absolute Gasteiger partial charge is 0.370 e. The lowest BCUT2D eigenvalue weighted by atomic mass is 10.0. The molecule has 0 unspecified atom stereocenters. The SMILES string of the molecule is NC(N)=NCCC[C@@H]1NC(=O)[C@@H](Cc2ccc(F)cc2)NC(=O)[C@H](Cc2cnc[nH]2)NC(=O)[C@@H](NC(=O)Cc2cccc3ccccc23)CCC(=O)NCCCCNC(=O)[C@H](Cc2c[nH]c3ccccc23)NC1=O. The summed E-state index contributed by atoms with van der Waals surface area (Å²) in [7, 11) is 0. The van der Waals surface area contributed by atoms with Crippen molar-refractivity contribution in [3.63, 3.8) is 0 Å². The molecular formula is C53H62FN13O7. The highest BCUT2D eigenvalue weighted by Gasteiger charge is 2.34. The summed E-state index contributed by atoms with van der Waals surface area (Å²) in [5, 5.41) is 22.3. The first-order valence-corrected chi connectivity index (χ1v) is 24.6. The molecule has 5 atom stereocenters. The Morgan fingerprint density at radius 2 is 1.32 bits per heavy atom. The number of aliphatic imine (C=N–C) groups is 1. The van der Waals surface area contributed by atoms with E-state index in [1.54, 1.807) is 6.20 Å². The third-order valence-corrected chi connectivity index (χ3v) is 12.7. The second-order valence-corrected chi connectivity index (χ2v) is 18.2. The van der Waals surface area contributed by atoms with Crippen molar-refractivity contribution in [1.29, 1.82) is 0 Å². The third kappa shape index (κ3) is 15.4. The lowest BCUT2D eigenvalue weighted by Crippen LogP contribution is -2.60. The Hall–Kier alpha value is -8.62. The number of amides is 7. The number of H-pyrrole nitrogens is 2. The van der Waals surface area contributed by atoms with E-state index in [-0.39, 0.29) is 77.0 Å². The molecule has 0 radical (unpaired) electrons. The van der Waals surface area contributed by atoms with Crippen LogP contribution in [0.25, 0.3) is 21.7 Å². The summed E-state index contributed by atoms with van der Waals surface area (Å²) in [6, 6.07) is 19.4. The average molecular weight is 1010 g/mol. The summed E-state index contributed by atoms with van der Waals surface area (Å²) in [4.78, 5) is 114. The number of nitrogens with zero attached hydrogens (tertiary/aromatic N) is 2. The Kier molecular flexibility index (Phi) is 18.8. The number of guanidine groups is 1. The van der Waals surface area contributed by atoms with E-state index in [0.29, 0.717) is 29.7 Å². The van der Waals surface area contributed by atoms with Gasteiger partial charge in [-0.3, -0.25) is 38.6 Å². The number of aromatic amines is 2. The zero-order valence-electron chi connectivity index (χ0n) is 40.8. The summed E-state index contributed by atoms with van der Waals surface area (Å²) < 4.78 is 14.2. The Balaban J connectivity index is 1.20. The van der Waals surface area contributed by atoms with Gasteiger partial charge in [-0.2, -0.15) is 0 Å². The number of halogens is 1. The Labute approximate surface area is 426 Å². The third-order valence-electron chi connectivity index (χ3n) is 12.7. The van der Waals surface area contributed by atoms with E-state index in [1.807, 2.05) is 66.7 Å². The number of nitrogens with one attached hydrogen (secondary N) is 9. The quantitative estimate of drug-likeness (QED) is 0.0452. The zero-order valence-corrected chi connectivity index (χ0v) is 40.8. The Bertz CT molecular complexity index is 2930. The fourth-order valence-corrected chi connectivity index (χ4v) is 8.79. The highest BCUT2D eigenvalue weighted by atomic mass is 19.1. The van der Waals surface area contributed by atoms with E-state index in [1.165, 1.54) is 36.8 Å². The maximum Gasteiger partial charge on any atom is 0.243 e. The highest BCUT2D eigenvalue weighted by Crippen LogP contribution is 2.21. The van der Waals surface area contributed by atoms with Gasteiger partial charge in [-0.15, -0.1) is 0 Å². The smallest absolute Gasteiger partial charge is 0.243 e. The molecule has 20 nitrogen and oxygen atoms in total. The summed E-state index contributed by atoms with van der Waals surface area (Å²) in [5.74, 6) is -5.27. The predicted molar refractivity (Wildman–Crippen MR) is 276 cm³/mol. The van der Waals surface area contributed by atoms with Gasteiger partial charge in [0.1, 0.15) is 36.0 Å². The number of hydrogen-bond acceptors (Lipinski definition) is 9. The number of benzene rings is 4. The first-order valence-electron chi connectivity index (χ1n) is 24.6. The number of carbonyl (C=O) groups excluding carboxylic acids is 7. The standard InChI is InChI=1S/C53H62FN13O7/c54-36-18-16-32(17-19-36)25-43-51(73)64-41(15-8-24-60-53(55)56)49(71)66-44(26-35-29-61-40-14-4-3-13-39(35)40)48(70)59-23-6-5-22-58-46(68)21-20-42(50(72)67-45(52(74)65-43)28-37-30-57-31-62-37)63-47(69)27-34-11-7-10-33-9-1-2-12-38(33)34/h1-4,7,9-14,16-19,29-31,41-45,61H,5-6,8,15,20-28H2,(H,57,62)(H,58,68)(H,59,70)(H,63,69)(H,64,73)(H,65,74)(H,66,71)(H,67,72)(H4,55,56,60)/t41-,42-,43+,44-,45-/m0/s1. The molecule has 3 heterocycles. The molecule has 21 heteroatoms. The second kappa shape index (κ2) is 26.2. The molecule has 1 fully saturated rings. The van der Waals surface area contributed by atoms with Gasteiger partial charge in [-0.25, -0.2) is 9.37 Å². The summed E-state index contributed by atoms with van der Waals surface area (Å²) in [5.41, 5.74) is 14.3. The fraction of sp³-hybridized carbons (Fsp3) is 0.340. The van der Waals surface area contributed by atoms with Crippen molar-refractivity contribution >= 4 is 69.0 Å². The number of carbonyl (C=O) groups is 7. The number of rotatable bonds is 13. The van der Waals surface area contributed by atoms with Crippen LogP contribution in [0.15, 0.2) is 115 Å². The van der Waals surface area contributed by atoms with Crippen molar-refractivity contribution in [1.82, 2.24) is 52.2 Å². The minimum Gasteiger partial charge on any atom is -0.370 e. The molecule has 2 aromatic heterocycles. The number of fused-ring (bicyclic) bond motifs is 2. The molecule has 1 aliphatic heterocycles. The molecule has 1 aliphatic rings. The molecule has 388 valence electrons. The van der Waals surface area contributed by atoms with Crippen LogP contribution in [0, 0.1) is 5.82 Å². The Morgan fingerprint density at radius 3 is 2.07 bits per heavy atom. The summed E-state index contributed by atoms with van der Waals surface area (Å²) >= 11 is 0. The van der Waals surface area contributed by atoms with Gasteiger partial charge in [0.05, 0.1) is 12.7 Å². The van der Waals surface area contributed by atoms with Gasteiger partial charge in [0.25, 0.3) is 0 Å². The van der Waals surface area contributed by atoms with Crippen molar-refractivity contribution in [3.8, 4) is 0 Å². The molecule has 7 rings (SSSR count). The molecule has 6 aromatic rings. The van der Waals surface area contributed by atoms with E-state index >= 15 is 0 Å². The molecule has 7 amide bonds. The number of nitrogens with two attached hydrogens (primary N) is 2. The van der Waals surface area contributed by atoms with Crippen molar-refractivity contribution in [2.45, 2.75) is 94.4 Å². The van der Waals surface area contributed by atoms with Crippen LogP contribution in [0.4, 0.5) is 4.39 Å². The lowest BCUT2D eigenvalue weighted by Gasteiger charge is -2.27. The molecule has 4 aromatic carbocycles. The second-order valence-electron chi connectivity index (χ2n) is 18.2. The van der Waals surface area contributed by atoms with Crippen LogP contribution in [0.5, 0.6) is 0 Å². The Morgan fingerprint density at radius 1 is 0.676 bits per heavy atom. The minimum atomic E-state index is -1.44. The first-order chi connectivity index (χ1) is 35.8. The molecule has 13 N–H and O–H groups in total. The topological polar surface area (TPSA) is 313 Å². The van der Waals surface area contributed by atoms with Crippen molar-refractivity contribution in [2.24, 2.45) is 16.5 Å². The van der Waals surface area contributed by atoms with E-state index in [0.717, 1.165) is 27.2 Å². The number of imidazole rings is 1. The van der Waals surface area contributed by atoms with Crippen LogP contribution >= 0.6 is 0 Å². The van der Waals surface area contributed by atoms with Gasteiger partial charge < -0.3 is 58.7 Å². The predicted octanol–water partition coefficient (Wildman–Crippen LogP) is 1.74. The van der Waals surface area contributed by atoms with Crippen LogP contribution in [-0.4, -0.2) is 112 Å². The van der Waals surface area contributed by atoms with E-state index in [2.05, 4.69) is 57.2 Å². The van der Waals surface area contributed by atoms with Gasteiger partial charge in [0.2, 0.25) is 41.4 Å². The van der Waals surface area contributed by atoms with Gasteiger partial charge in [0.15, 0.2) is 5.96 Å². The molecule has 0 bridgehead atoms. The van der Waals surface area contributed by atoms with Crippen LogP contribution in [0.2, 0.25) is 0 Å². The molecule has 0 spiro atoms. The van der Waals surface area contributed by atoms with Crippen LogP contribution in [0.3, 0.4) is 0 Å². The normalized spacial score (nSPS) is 20.0. The maximum absolute atomic E-state index is 14.7. The zero-order chi connectivity index (χ0) is 52.4. The monoisotopic (exact) mass is 1010 g/mol. The van der Waals surface area contributed by atoms with E-state index in [9.17, 15) is 38.0 Å². The van der Waals surface area contributed by atoms with Gasteiger partial charge in [0, 0.05) is 74.3 Å². The molecular weight excluding hydrogens is 950 g/mol. The molecule has 0 aliphatic carbocycles. The van der Waals surface area contributed by atoms with Crippen molar-refractivity contribution < 1.29 is 38.0 Å². The fourth-order valence-electron chi connectivity index (χ4n) is 8.79.